The lowest BCUT2D eigenvalue weighted by Crippen LogP contribution is -2.55. The average molecular weight is 362 g/mol. The van der Waals surface area contributed by atoms with Gasteiger partial charge in [0.1, 0.15) is 5.60 Å². The fourth-order valence-corrected chi connectivity index (χ4v) is 3.14. The molecule has 0 bridgehead atoms. The summed E-state index contributed by atoms with van der Waals surface area (Å²) in [6.07, 6.45) is 0.143. The van der Waals surface area contributed by atoms with Gasteiger partial charge in [-0.15, -0.1) is 0 Å². The fourth-order valence-electron chi connectivity index (χ4n) is 3.14. The molecular formula is C20H30N2O4. The predicted molar refractivity (Wildman–Crippen MR) is 99.6 cm³/mol. The van der Waals surface area contributed by atoms with E-state index in [0.717, 1.165) is 13.1 Å². The van der Waals surface area contributed by atoms with E-state index in [2.05, 4.69) is 22.3 Å². The van der Waals surface area contributed by atoms with Gasteiger partial charge < -0.3 is 14.8 Å². The van der Waals surface area contributed by atoms with Gasteiger partial charge in [0.2, 0.25) is 0 Å². The first kappa shape index (κ1) is 20.2. The Labute approximate surface area is 155 Å². The molecule has 1 saturated heterocycles. The molecule has 6 heteroatoms. The first-order valence-corrected chi connectivity index (χ1v) is 9.21. The highest BCUT2D eigenvalue weighted by atomic mass is 16.6. The fraction of sp³-hybridized carbons (Fsp3) is 0.600. The second-order valence-corrected chi connectivity index (χ2v) is 7.62. The van der Waals surface area contributed by atoms with Crippen LogP contribution in [-0.2, 0) is 20.8 Å². The van der Waals surface area contributed by atoms with Gasteiger partial charge in [-0.2, -0.15) is 0 Å². The van der Waals surface area contributed by atoms with Crippen molar-refractivity contribution in [1.29, 1.82) is 0 Å². The molecule has 1 N–H and O–H groups in total. The highest BCUT2D eigenvalue weighted by Crippen LogP contribution is 2.22. The van der Waals surface area contributed by atoms with Crippen molar-refractivity contribution in [2.24, 2.45) is 5.92 Å². The number of nitrogens with one attached hydrogen (secondary N) is 1. The van der Waals surface area contributed by atoms with Gasteiger partial charge >= 0.3 is 12.1 Å². The zero-order chi connectivity index (χ0) is 19.2. The Balaban J connectivity index is 2.04. The normalized spacial score (nSPS) is 21.1. The Morgan fingerprint density at radius 1 is 1.23 bits per heavy atom. The molecule has 0 aliphatic carbocycles. The molecule has 2 atom stereocenters. The predicted octanol–water partition coefficient (Wildman–Crippen LogP) is 2.96. The van der Waals surface area contributed by atoms with Gasteiger partial charge in [0, 0.05) is 13.1 Å². The van der Waals surface area contributed by atoms with Gasteiger partial charge in [-0.25, -0.2) is 4.79 Å². The van der Waals surface area contributed by atoms with Crippen molar-refractivity contribution in [3.05, 3.63) is 35.9 Å². The maximum atomic E-state index is 12.3. The summed E-state index contributed by atoms with van der Waals surface area (Å²) >= 11 is 0. The molecule has 0 radical (unpaired) electrons. The topological polar surface area (TPSA) is 67.9 Å². The maximum Gasteiger partial charge on any atom is 0.407 e. The second kappa shape index (κ2) is 9.03. The molecule has 1 aliphatic heterocycles. The van der Waals surface area contributed by atoms with E-state index < -0.39 is 11.7 Å². The number of likely N-dealkylation sites (tertiary alicyclic amines) is 1. The third kappa shape index (κ3) is 6.33. The van der Waals surface area contributed by atoms with Crippen LogP contribution < -0.4 is 5.32 Å². The van der Waals surface area contributed by atoms with Crippen LogP contribution in [0, 0.1) is 5.92 Å². The number of benzene rings is 1. The van der Waals surface area contributed by atoms with Crippen LogP contribution in [0.25, 0.3) is 0 Å². The lowest BCUT2D eigenvalue weighted by atomic mass is 9.91. The molecular weight excluding hydrogens is 332 g/mol. The van der Waals surface area contributed by atoms with E-state index in [-0.39, 0.29) is 17.9 Å². The molecule has 6 nitrogen and oxygen atoms in total. The number of ether oxygens (including phenoxy) is 2. The van der Waals surface area contributed by atoms with E-state index in [4.69, 9.17) is 9.47 Å². The molecule has 2 rings (SSSR count). The van der Waals surface area contributed by atoms with Gasteiger partial charge in [0.25, 0.3) is 0 Å². The summed E-state index contributed by atoms with van der Waals surface area (Å²) in [5.74, 6) is -0.609. The van der Waals surface area contributed by atoms with Crippen LogP contribution in [0.4, 0.5) is 4.79 Å². The highest BCUT2D eigenvalue weighted by Gasteiger charge is 2.36. The number of esters is 1. The van der Waals surface area contributed by atoms with Crippen molar-refractivity contribution >= 4 is 12.1 Å². The molecule has 0 saturated carbocycles. The molecule has 1 aliphatic rings. The number of amides is 1. The standard InChI is InChI=1S/C20H30N2O4/c1-5-25-18(23)16-11-12-22(13-15-9-7-6-8-10-15)14-17(16)21-19(24)26-20(2,3)4/h6-10,16-17H,5,11-14H2,1-4H3,(H,21,24)/t16-,17-/m0/s1. The van der Waals surface area contributed by atoms with Crippen molar-refractivity contribution in [3.63, 3.8) is 0 Å². The summed E-state index contributed by atoms with van der Waals surface area (Å²) in [5, 5.41) is 2.88. The highest BCUT2D eigenvalue weighted by molar-refractivity contribution is 5.75. The quantitative estimate of drug-likeness (QED) is 0.816. The number of hydrogen-bond acceptors (Lipinski definition) is 5. The van der Waals surface area contributed by atoms with E-state index in [1.165, 1.54) is 5.56 Å². The Kier molecular flexibility index (Phi) is 7.03. The number of hydrogen-bond donors (Lipinski definition) is 1. The zero-order valence-electron chi connectivity index (χ0n) is 16.2. The van der Waals surface area contributed by atoms with Crippen molar-refractivity contribution in [2.45, 2.75) is 52.3 Å². The number of carbonyl (C=O) groups is 2. The van der Waals surface area contributed by atoms with Gasteiger partial charge in [-0.05, 0) is 46.2 Å². The monoisotopic (exact) mass is 362 g/mol. The van der Waals surface area contributed by atoms with Gasteiger partial charge in [0.15, 0.2) is 0 Å². The number of nitrogens with zero attached hydrogens (tertiary/aromatic N) is 1. The Morgan fingerprint density at radius 2 is 1.92 bits per heavy atom. The van der Waals surface area contributed by atoms with Crippen LogP contribution >= 0.6 is 0 Å². The molecule has 1 amide bonds. The lowest BCUT2D eigenvalue weighted by molar-refractivity contribution is -0.150. The van der Waals surface area contributed by atoms with E-state index in [1.54, 1.807) is 6.92 Å². The molecule has 1 aromatic carbocycles. The summed E-state index contributed by atoms with van der Waals surface area (Å²) in [4.78, 5) is 26.8. The summed E-state index contributed by atoms with van der Waals surface area (Å²) in [7, 11) is 0. The van der Waals surface area contributed by atoms with E-state index in [0.29, 0.717) is 19.6 Å². The van der Waals surface area contributed by atoms with Crippen LogP contribution in [0.3, 0.4) is 0 Å². The Morgan fingerprint density at radius 3 is 2.54 bits per heavy atom. The lowest BCUT2D eigenvalue weighted by Gasteiger charge is -2.37. The van der Waals surface area contributed by atoms with Gasteiger partial charge in [-0.1, -0.05) is 30.3 Å². The van der Waals surface area contributed by atoms with E-state index >= 15 is 0 Å². The minimum atomic E-state index is -0.581. The van der Waals surface area contributed by atoms with Crippen molar-refractivity contribution in [1.82, 2.24) is 10.2 Å². The maximum absolute atomic E-state index is 12.3. The molecule has 144 valence electrons. The number of carbonyl (C=O) groups excluding carboxylic acids is 2. The van der Waals surface area contributed by atoms with Crippen LogP contribution in [0.15, 0.2) is 30.3 Å². The minimum Gasteiger partial charge on any atom is -0.466 e. The third-order valence-corrected chi connectivity index (χ3v) is 4.24. The first-order chi connectivity index (χ1) is 12.3. The van der Waals surface area contributed by atoms with Crippen molar-refractivity contribution in [2.75, 3.05) is 19.7 Å². The summed E-state index contributed by atoms with van der Waals surface area (Å²) in [6.45, 7) is 9.72. The SMILES string of the molecule is CCOC(=O)[C@H]1CCN(Cc2ccccc2)C[C@@H]1NC(=O)OC(C)(C)C. The van der Waals surface area contributed by atoms with E-state index in [1.807, 2.05) is 39.0 Å². The summed E-state index contributed by atoms with van der Waals surface area (Å²) in [5.41, 5.74) is 0.625. The van der Waals surface area contributed by atoms with Crippen LogP contribution in [-0.4, -0.2) is 48.3 Å². The molecule has 1 heterocycles. The smallest absolute Gasteiger partial charge is 0.407 e. The molecule has 26 heavy (non-hydrogen) atoms. The summed E-state index contributed by atoms with van der Waals surface area (Å²) in [6, 6.07) is 9.83. The van der Waals surface area contributed by atoms with Crippen LogP contribution in [0.1, 0.15) is 39.7 Å². The molecule has 1 aromatic rings. The minimum absolute atomic E-state index is 0.257. The summed E-state index contributed by atoms with van der Waals surface area (Å²) < 4.78 is 10.6. The van der Waals surface area contributed by atoms with Gasteiger partial charge in [-0.3, -0.25) is 9.69 Å². The second-order valence-electron chi connectivity index (χ2n) is 7.62. The molecule has 0 unspecified atom stereocenters. The molecule has 0 aromatic heterocycles. The van der Waals surface area contributed by atoms with Crippen LogP contribution in [0.5, 0.6) is 0 Å². The average Bonchev–Trinajstić information content (AvgIpc) is 2.54. The Bertz CT molecular complexity index is 598. The van der Waals surface area contributed by atoms with Gasteiger partial charge in [0.05, 0.1) is 18.6 Å². The Hall–Kier alpha value is -2.08. The largest absolute Gasteiger partial charge is 0.466 e. The zero-order valence-corrected chi connectivity index (χ0v) is 16.2. The third-order valence-electron chi connectivity index (χ3n) is 4.24. The molecule has 0 spiro atoms. The number of piperidine rings is 1. The number of rotatable bonds is 5. The molecule has 1 fully saturated rings. The van der Waals surface area contributed by atoms with Crippen LogP contribution in [0.2, 0.25) is 0 Å². The van der Waals surface area contributed by atoms with Crippen molar-refractivity contribution < 1.29 is 19.1 Å². The first-order valence-electron chi connectivity index (χ1n) is 9.21. The number of alkyl carbamates (subject to hydrolysis) is 1. The van der Waals surface area contributed by atoms with Crippen molar-refractivity contribution in [3.8, 4) is 0 Å². The van der Waals surface area contributed by atoms with E-state index in [9.17, 15) is 9.59 Å².